The van der Waals surface area contributed by atoms with Crippen LogP contribution in [0, 0.1) is 5.92 Å². The third-order valence-corrected chi connectivity index (χ3v) is 4.45. The Hall–Kier alpha value is -0.620. The Morgan fingerprint density at radius 2 is 1.88 bits per heavy atom. The highest BCUT2D eigenvalue weighted by atomic mass is 32.2. The lowest BCUT2D eigenvalue weighted by atomic mass is 10.1. The molecule has 1 fully saturated rings. The molecular formula is C10H20N2O3S. The molecule has 94 valence electrons. The number of nitrogens with one attached hydrogen (secondary N) is 1. The van der Waals surface area contributed by atoms with Crippen LogP contribution in [0.5, 0.6) is 0 Å². The first-order valence-electron chi connectivity index (χ1n) is 5.79. The SMILES string of the molecule is CC[C@@H](C)C(=O)NS(=O)(=O)N1CCCCC1. The van der Waals surface area contributed by atoms with Gasteiger partial charge in [-0.25, -0.2) is 4.72 Å². The van der Waals surface area contributed by atoms with Gasteiger partial charge < -0.3 is 0 Å². The molecule has 0 spiro atoms. The van der Waals surface area contributed by atoms with Crippen molar-refractivity contribution in [1.82, 2.24) is 9.03 Å². The van der Waals surface area contributed by atoms with E-state index in [1.54, 1.807) is 6.92 Å². The fraction of sp³-hybridized carbons (Fsp3) is 0.900. The Kier molecular flexibility index (Phi) is 4.73. The molecule has 1 aliphatic rings. The van der Waals surface area contributed by atoms with Gasteiger partial charge in [0.25, 0.3) is 0 Å². The maximum Gasteiger partial charge on any atom is 0.303 e. The van der Waals surface area contributed by atoms with E-state index in [1.807, 2.05) is 6.92 Å². The lowest BCUT2D eigenvalue weighted by Gasteiger charge is -2.26. The second-order valence-corrected chi connectivity index (χ2v) is 5.91. The molecule has 1 heterocycles. The molecule has 0 aromatic carbocycles. The van der Waals surface area contributed by atoms with Gasteiger partial charge in [0.1, 0.15) is 0 Å². The maximum absolute atomic E-state index is 11.8. The van der Waals surface area contributed by atoms with Gasteiger partial charge in [0.15, 0.2) is 0 Å². The summed E-state index contributed by atoms with van der Waals surface area (Å²) in [6.07, 6.45) is 3.45. The average Bonchev–Trinajstić information content (AvgIpc) is 2.28. The molecule has 0 saturated carbocycles. The lowest BCUT2D eigenvalue weighted by Crippen LogP contribution is -2.46. The van der Waals surface area contributed by atoms with Gasteiger partial charge in [0, 0.05) is 19.0 Å². The molecule has 1 atom stereocenters. The third-order valence-electron chi connectivity index (χ3n) is 2.94. The van der Waals surface area contributed by atoms with Gasteiger partial charge in [-0.1, -0.05) is 20.3 Å². The van der Waals surface area contributed by atoms with Crippen molar-refractivity contribution in [3.05, 3.63) is 0 Å². The van der Waals surface area contributed by atoms with Crippen molar-refractivity contribution in [2.75, 3.05) is 13.1 Å². The fourth-order valence-corrected chi connectivity index (χ4v) is 2.91. The van der Waals surface area contributed by atoms with Crippen molar-refractivity contribution in [3.63, 3.8) is 0 Å². The lowest BCUT2D eigenvalue weighted by molar-refractivity contribution is -0.122. The highest BCUT2D eigenvalue weighted by Gasteiger charge is 2.26. The van der Waals surface area contributed by atoms with Crippen LogP contribution in [0.15, 0.2) is 0 Å². The molecular weight excluding hydrogens is 228 g/mol. The molecule has 16 heavy (non-hydrogen) atoms. The topological polar surface area (TPSA) is 66.5 Å². The molecule has 1 aliphatic heterocycles. The normalized spacial score (nSPS) is 20.4. The van der Waals surface area contributed by atoms with Crippen molar-refractivity contribution in [3.8, 4) is 0 Å². The average molecular weight is 248 g/mol. The maximum atomic E-state index is 11.8. The van der Waals surface area contributed by atoms with Crippen LogP contribution in [0.3, 0.4) is 0 Å². The highest BCUT2D eigenvalue weighted by Crippen LogP contribution is 2.12. The largest absolute Gasteiger partial charge is 0.303 e. The first kappa shape index (κ1) is 13.4. The van der Waals surface area contributed by atoms with Gasteiger partial charge in [0.2, 0.25) is 5.91 Å². The predicted octanol–water partition coefficient (Wildman–Crippen LogP) is 0.879. The zero-order valence-corrected chi connectivity index (χ0v) is 10.7. The van der Waals surface area contributed by atoms with Crippen LogP contribution in [0.4, 0.5) is 0 Å². The van der Waals surface area contributed by atoms with Gasteiger partial charge in [-0.2, -0.15) is 12.7 Å². The Balaban J connectivity index is 2.60. The van der Waals surface area contributed by atoms with E-state index in [9.17, 15) is 13.2 Å². The van der Waals surface area contributed by atoms with Gasteiger partial charge in [-0.3, -0.25) is 4.79 Å². The Labute approximate surface area is 97.4 Å². The molecule has 1 N–H and O–H groups in total. The van der Waals surface area contributed by atoms with Crippen LogP contribution in [0.2, 0.25) is 0 Å². The zero-order valence-electron chi connectivity index (χ0n) is 9.90. The van der Waals surface area contributed by atoms with Crippen LogP contribution in [-0.4, -0.2) is 31.7 Å². The van der Waals surface area contributed by atoms with Crippen LogP contribution in [0.25, 0.3) is 0 Å². The summed E-state index contributed by atoms with van der Waals surface area (Å²) in [6, 6.07) is 0. The minimum atomic E-state index is -3.60. The minimum Gasteiger partial charge on any atom is -0.274 e. The Morgan fingerprint density at radius 1 is 1.31 bits per heavy atom. The molecule has 1 amide bonds. The Morgan fingerprint density at radius 3 is 2.38 bits per heavy atom. The number of carbonyl (C=O) groups is 1. The minimum absolute atomic E-state index is 0.264. The number of nitrogens with zero attached hydrogens (tertiary/aromatic N) is 1. The van der Waals surface area contributed by atoms with Crippen LogP contribution >= 0.6 is 0 Å². The third kappa shape index (κ3) is 3.45. The van der Waals surface area contributed by atoms with E-state index in [1.165, 1.54) is 4.31 Å². The molecule has 0 aromatic rings. The van der Waals surface area contributed by atoms with Gasteiger partial charge in [0.05, 0.1) is 0 Å². The predicted molar refractivity (Wildman–Crippen MR) is 61.9 cm³/mol. The van der Waals surface area contributed by atoms with Gasteiger partial charge >= 0.3 is 10.2 Å². The summed E-state index contributed by atoms with van der Waals surface area (Å²) in [5.41, 5.74) is 0. The molecule has 0 aromatic heterocycles. The summed E-state index contributed by atoms with van der Waals surface area (Å²) in [4.78, 5) is 11.5. The van der Waals surface area contributed by atoms with E-state index in [-0.39, 0.29) is 5.92 Å². The molecule has 6 heteroatoms. The molecule has 0 bridgehead atoms. The number of hydrogen-bond acceptors (Lipinski definition) is 3. The number of carbonyl (C=O) groups excluding carboxylic acids is 1. The van der Waals surface area contributed by atoms with Crippen molar-refractivity contribution in [2.24, 2.45) is 5.92 Å². The van der Waals surface area contributed by atoms with Gasteiger partial charge in [-0.15, -0.1) is 0 Å². The molecule has 0 unspecified atom stereocenters. The number of piperidine rings is 1. The van der Waals surface area contributed by atoms with E-state index < -0.39 is 16.1 Å². The van der Waals surface area contributed by atoms with Crippen molar-refractivity contribution in [2.45, 2.75) is 39.5 Å². The van der Waals surface area contributed by atoms with Crippen LogP contribution < -0.4 is 4.72 Å². The quantitative estimate of drug-likeness (QED) is 0.803. The number of amides is 1. The van der Waals surface area contributed by atoms with E-state index in [0.29, 0.717) is 19.5 Å². The van der Waals surface area contributed by atoms with Gasteiger partial charge in [-0.05, 0) is 19.3 Å². The second kappa shape index (κ2) is 5.63. The zero-order chi connectivity index (χ0) is 12.2. The molecule has 0 radical (unpaired) electrons. The highest BCUT2D eigenvalue weighted by molar-refractivity contribution is 7.87. The van der Waals surface area contributed by atoms with E-state index in [4.69, 9.17) is 0 Å². The summed E-state index contributed by atoms with van der Waals surface area (Å²) >= 11 is 0. The van der Waals surface area contributed by atoms with Crippen LogP contribution in [-0.2, 0) is 15.0 Å². The molecule has 1 saturated heterocycles. The van der Waals surface area contributed by atoms with E-state index in [0.717, 1.165) is 19.3 Å². The first-order valence-corrected chi connectivity index (χ1v) is 7.23. The summed E-state index contributed by atoms with van der Waals surface area (Å²) in [5.74, 6) is -0.673. The summed E-state index contributed by atoms with van der Waals surface area (Å²) < 4.78 is 27.1. The molecule has 5 nitrogen and oxygen atoms in total. The van der Waals surface area contributed by atoms with Crippen molar-refractivity contribution >= 4 is 16.1 Å². The summed E-state index contributed by atoms with van der Waals surface area (Å²) in [5, 5.41) is 0. The first-order chi connectivity index (χ1) is 7.47. The Bertz CT molecular complexity index is 334. The monoisotopic (exact) mass is 248 g/mol. The summed E-state index contributed by atoms with van der Waals surface area (Å²) in [6.45, 7) is 4.62. The van der Waals surface area contributed by atoms with E-state index >= 15 is 0 Å². The summed E-state index contributed by atoms with van der Waals surface area (Å²) in [7, 11) is -3.60. The van der Waals surface area contributed by atoms with Crippen molar-refractivity contribution < 1.29 is 13.2 Å². The van der Waals surface area contributed by atoms with E-state index in [2.05, 4.69) is 4.72 Å². The second-order valence-electron chi connectivity index (χ2n) is 4.24. The molecule has 1 rings (SSSR count). The molecule has 0 aliphatic carbocycles. The van der Waals surface area contributed by atoms with Crippen LogP contribution in [0.1, 0.15) is 39.5 Å². The standard InChI is InChI=1S/C10H20N2O3S/c1-3-9(2)10(13)11-16(14,15)12-7-5-4-6-8-12/h9H,3-8H2,1-2H3,(H,11,13)/t9-/m1/s1. The number of rotatable bonds is 4. The smallest absolute Gasteiger partial charge is 0.274 e. The fourth-order valence-electron chi connectivity index (χ4n) is 1.58. The number of hydrogen-bond donors (Lipinski definition) is 1. The van der Waals surface area contributed by atoms with Crippen molar-refractivity contribution in [1.29, 1.82) is 0 Å².